The Morgan fingerprint density at radius 3 is 2.33 bits per heavy atom. The van der Waals surface area contributed by atoms with Gasteiger partial charge in [0.2, 0.25) is 0 Å². The molecule has 4 aliphatic carbocycles. The largest absolute Gasteiger partial charge is 0.481 e. The molecule has 3 saturated carbocycles. The molecule has 188 valence electrons. The Balaban J connectivity index is 1.68. The highest BCUT2D eigenvalue weighted by molar-refractivity contribution is 5.80. The Hall–Kier alpha value is -0.830. The predicted octanol–water partition coefficient (Wildman–Crippen LogP) is 7.48. The van der Waals surface area contributed by atoms with E-state index < -0.39 is 17.5 Å². The summed E-state index contributed by atoms with van der Waals surface area (Å²) in [7, 11) is 0. The molecule has 33 heavy (non-hydrogen) atoms. The first-order valence-corrected chi connectivity index (χ1v) is 13.9. The third-order valence-electron chi connectivity index (χ3n) is 11.9. The molecule has 4 rings (SSSR count). The van der Waals surface area contributed by atoms with Crippen molar-refractivity contribution in [1.82, 2.24) is 0 Å². The molecule has 0 saturated heterocycles. The lowest BCUT2D eigenvalue weighted by Gasteiger charge is -2.63. The van der Waals surface area contributed by atoms with Crippen molar-refractivity contribution in [1.29, 1.82) is 0 Å². The number of fused-ring (bicyclic) bond motifs is 5. The van der Waals surface area contributed by atoms with Gasteiger partial charge < -0.3 is 10.2 Å². The highest BCUT2D eigenvalue weighted by atomic mass is 16.4. The molecule has 0 aromatic rings. The van der Waals surface area contributed by atoms with Crippen molar-refractivity contribution in [2.24, 2.45) is 51.2 Å². The Morgan fingerprint density at radius 2 is 1.70 bits per heavy atom. The Morgan fingerprint density at radius 1 is 1.00 bits per heavy atom. The lowest BCUT2D eigenvalue weighted by molar-refractivity contribution is -0.174. The third-order valence-corrected chi connectivity index (χ3v) is 11.9. The number of hydrogen-bond donors (Lipinski definition) is 2. The minimum absolute atomic E-state index is 0.0221. The molecule has 0 aromatic carbocycles. The molecular formula is C30H50O3. The summed E-state index contributed by atoms with van der Waals surface area (Å²) in [5, 5.41) is 21.5. The maximum absolute atomic E-state index is 13.1. The summed E-state index contributed by atoms with van der Waals surface area (Å²) in [5.41, 5.74) is 0.555. The molecular weight excluding hydrogens is 408 g/mol. The Kier molecular flexibility index (Phi) is 6.42. The van der Waals surface area contributed by atoms with Gasteiger partial charge in [-0.25, -0.2) is 0 Å². The lowest BCUT2D eigenvalue weighted by Crippen LogP contribution is -2.61. The normalized spacial score (nSPS) is 45.1. The molecule has 0 amide bonds. The van der Waals surface area contributed by atoms with E-state index in [-0.39, 0.29) is 22.2 Å². The summed E-state index contributed by atoms with van der Waals surface area (Å²) < 4.78 is 0. The maximum Gasteiger partial charge on any atom is 0.314 e. The standard InChI is InChI=1S/C30H50O3/c1-19(2)9-8-10-20(3)21-13-16-29(7)22-11-12-24-27(4,5)25(31)15-18-30(24,26(32)33)23(22)14-17-28(21,29)6/h14,19-22,24-25,31H,8-13,15-18H2,1-7H3,(H,32,33)/t20?,21-,22?,24?,25+,28-,29+,30+/m1/s1. The van der Waals surface area contributed by atoms with E-state index in [1.54, 1.807) is 0 Å². The second-order valence-corrected chi connectivity index (χ2v) is 14.0. The average molecular weight is 459 g/mol. The fraction of sp³-hybridized carbons (Fsp3) is 0.900. The van der Waals surface area contributed by atoms with Crippen LogP contribution in [0.1, 0.15) is 113 Å². The molecule has 3 heteroatoms. The van der Waals surface area contributed by atoms with E-state index in [9.17, 15) is 15.0 Å². The highest BCUT2D eigenvalue weighted by Gasteiger charge is 2.68. The zero-order valence-corrected chi connectivity index (χ0v) is 22.4. The zero-order valence-electron chi connectivity index (χ0n) is 22.4. The van der Waals surface area contributed by atoms with Crippen molar-refractivity contribution in [3.8, 4) is 0 Å². The third kappa shape index (κ3) is 3.49. The Labute approximate surface area is 202 Å². The van der Waals surface area contributed by atoms with Crippen LogP contribution in [0.5, 0.6) is 0 Å². The van der Waals surface area contributed by atoms with Crippen molar-refractivity contribution in [3.05, 3.63) is 11.6 Å². The smallest absolute Gasteiger partial charge is 0.314 e. The number of hydrogen-bond acceptors (Lipinski definition) is 2. The predicted molar refractivity (Wildman–Crippen MR) is 135 cm³/mol. The second-order valence-electron chi connectivity index (χ2n) is 14.0. The van der Waals surface area contributed by atoms with E-state index in [0.29, 0.717) is 18.8 Å². The maximum atomic E-state index is 13.1. The molecule has 2 N–H and O–H groups in total. The summed E-state index contributed by atoms with van der Waals surface area (Å²) in [5.74, 6) is 2.01. The molecule has 8 atom stereocenters. The van der Waals surface area contributed by atoms with Gasteiger partial charge in [-0.1, -0.05) is 79.4 Å². The molecule has 0 aromatic heterocycles. The summed E-state index contributed by atoms with van der Waals surface area (Å²) in [6.45, 7) is 16.4. The average Bonchev–Trinajstić information content (AvgIpc) is 3.01. The first kappa shape index (κ1) is 25.3. The topological polar surface area (TPSA) is 57.5 Å². The molecule has 0 radical (unpaired) electrons. The van der Waals surface area contributed by atoms with Gasteiger partial charge in [0.15, 0.2) is 0 Å². The summed E-state index contributed by atoms with van der Waals surface area (Å²) in [6.07, 6.45) is 12.8. The molecule has 0 spiro atoms. The fourth-order valence-corrected chi connectivity index (χ4v) is 9.63. The number of aliphatic carboxylic acids is 1. The van der Waals surface area contributed by atoms with Crippen LogP contribution in [0.3, 0.4) is 0 Å². The summed E-state index contributed by atoms with van der Waals surface area (Å²) in [6, 6.07) is 0. The van der Waals surface area contributed by atoms with Gasteiger partial charge in [-0.3, -0.25) is 4.79 Å². The van der Waals surface area contributed by atoms with Crippen molar-refractivity contribution >= 4 is 5.97 Å². The van der Waals surface area contributed by atoms with E-state index in [0.717, 1.165) is 37.0 Å². The molecule has 0 bridgehead atoms. The van der Waals surface area contributed by atoms with Gasteiger partial charge >= 0.3 is 5.97 Å². The Bertz CT molecular complexity index is 796. The highest BCUT2D eigenvalue weighted by Crippen LogP contribution is 2.73. The minimum Gasteiger partial charge on any atom is -0.481 e. The van der Waals surface area contributed by atoms with Crippen LogP contribution in [-0.4, -0.2) is 22.3 Å². The number of allylic oxidation sites excluding steroid dienone is 1. The van der Waals surface area contributed by atoms with E-state index >= 15 is 0 Å². The first-order valence-electron chi connectivity index (χ1n) is 13.9. The van der Waals surface area contributed by atoms with Crippen LogP contribution in [0.25, 0.3) is 0 Å². The van der Waals surface area contributed by atoms with Gasteiger partial charge in [0.1, 0.15) is 0 Å². The van der Waals surface area contributed by atoms with Crippen LogP contribution < -0.4 is 0 Å². The van der Waals surface area contributed by atoms with Crippen LogP contribution in [0.2, 0.25) is 0 Å². The second kappa shape index (κ2) is 8.38. The van der Waals surface area contributed by atoms with Gasteiger partial charge in [0.05, 0.1) is 11.5 Å². The van der Waals surface area contributed by atoms with E-state index in [1.807, 2.05) is 0 Å². The molecule has 3 unspecified atom stereocenters. The molecule has 3 nitrogen and oxygen atoms in total. The minimum atomic E-state index is -0.781. The van der Waals surface area contributed by atoms with Crippen molar-refractivity contribution < 1.29 is 15.0 Å². The van der Waals surface area contributed by atoms with Crippen molar-refractivity contribution in [3.63, 3.8) is 0 Å². The SMILES string of the molecule is CC(C)CCCC(C)[C@H]1CC[C@@]2(C)C3CCC4C(C)(C)[C@@H](O)CC[C@]4(C(=O)O)C3=CC[C@]12C. The van der Waals surface area contributed by atoms with Crippen LogP contribution in [0.4, 0.5) is 0 Å². The number of aliphatic hydroxyl groups is 1. The van der Waals surface area contributed by atoms with Crippen LogP contribution >= 0.6 is 0 Å². The number of aliphatic hydroxyl groups excluding tert-OH is 1. The fourth-order valence-electron chi connectivity index (χ4n) is 9.63. The van der Waals surface area contributed by atoms with Crippen LogP contribution in [0.15, 0.2) is 11.6 Å². The quantitative estimate of drug-likeness (QED) is 0.406. The monoisotopic (exact) mass is 458 g/mol. The molecule has 4 aliphatic rings. The number of carboxylic acids is 1. The first-order chi connectivity index (χ1) is 15.3. The zero-order chi connectivity index (χ0) is 24.4. The van der Waals surface area contributed by atoms with Gasteiger partial charge in [0.25, 0.3) is 0 Å². The lowest BCUT2D eigenvalue weighted by atomic mass is 9.40. The van der Waals surface area contributed by atoms with Gasteiger partial charge in [-0.05, 0) is 90.8 Å². The van der Waals surface area contributed by atoms with Crippen molar-refractivity contribution in [2.75, 3.05) is 0 Å². The van der Waals surface area contributed by atoms with E-state index in [4.69, 9.17) is 0 Å². The van der Waals surface area contributed by atoms with Gasteiger partial charge in [-0.15, -0.1) is 0 Å². The van der Waals surface area contributed by atoms with Crippen LogP contribution in [-0.2, 0) is 4.79 Å². The molecule has 0 aliphatic heterocycles. The van der Waals surface area contributed by atoms with Gasteiger partial charge in [-0.2, -0.15) is 0 Å². The van der Waals surface area contributed by atoms with Crippen molar-refractivity contribution in [2.45, 2.75) is 119 Å². The molecule has 0 heterocycles. The number of carbonyl (C=O) groups is 1. The molecule has 3 fully saturated rings. The van der Waals surface area contributed by atoms with Crippen LogP contribution in [0, 0.1) is 51.2 Å². The van der Waals surface area contributed by atoms with Gasteiger partial charge in [0, 0.05) is 0 Å². The summed E-state index contributed by atoms with van der Waals surface area (Å²) >= 11 is 0. The number of carboxylic acid groups (broad SMARTS) is 1. The van der Waals surface area contributed by atoms with E-state index in [2.05, 4.69) is 54.5 Å². The van der Waals surface area contributed by atoms with E-state index in [1.165, 1.54) is 37.7 Å². The summed E-state index contributed by atoms with van der Waals surface area (Å²) in [4.78, 5) is 13.1. The number of rotatable bonds is 6.